The zero-order valence-corrected chi connectivity index (χ0v) is 10.3. The van der Waals surface area contributed by atoms with Crippen LogP contribution in [0.2, 0.25) is 0 Å². The summed E-state index contributed by atoms with van der Waals surface area (Å²) in [6.45, 7) is 10.5. The molecule has 0 saturated heterocycles. The molecule has 0 spiro atoms. The van der Waals surface area contributed by atoms with Crippen LogP contribution in [0.3, 0.4) is 0 Å². The van der Waals surface area contributed by atoms with Gasteiger partial charge < -0.3 is 5.73 Å². The van der Waals surface area contributed by atoms with Gasteiger partial charge in [0.25, 0.3) is 0 Å². The van der Waals surface area contributed by atoms with Crippen LogP contribution < -0.4 is 5.73 Å². The van der Waals surface area contributed by atoms with Crippen molar-refractivity contribution in [3.63, 3.8) is 0 Å². The van der Waals surface area contributed by atoms with Crippen LogP contribution in [0, 0.1) is 12.3 Å². The van der Waals surface area contributed by atoms with E-state index >= 15 is 0 Å². The Bertz CT molecular complexity index is 337. The predicted molar refractivity (Wildman–Crippen MR) is 62.5 cm³/mol. The summed E-state index contributed by atoms with van der Waals surface area (Å²) in [6, 6.07) is 0.00804. The number of hydrogen-bond acceptors (Lipinski definition) is 3. The summed E-state index contributed by atoms with van der Waals surface area (Å²) >= 11 is 0. The molecule has 1 aromatic heterocycles. The zero-order valence-electron chi connectivity index (χ0n) is 10.3. The first-order chi connectivity index (χ1) is 6.79. The molecule has 1 atom stereocenters. The summed E-state index contributed by atoms with van der Waals surface area (Å²) in [7, 11) is 0. The van der Waals surface area contributed by atoms with Gasteiger partial charge in [-0.05, 0) is 19.3 Å². The van der Waals surface area contributed by atoms with E-state index in [4.69, 9.17) is 5.73 Å². The summed E-state index contributed by atoms with van der Waals surface area (Å²) in [6.07, 6.45) is 2.75. The second-order valence-corrected chi connectivity index (χ2v) is 5.35. The standard InChI is InChI=1S/C12H21N3/c1-8(13)10-7-14-11(15-9(10)2)6-12(3,4)5/h7-8H,6,13H2,1-5H3/t8-/m0/s1. The van der Waals surface area contributed by atoms with Crippen LogP contribution in [0.5, 0.6) is 0 Å². The first kappa shape index (κ1) is 12.1. The lowest BCUT2D eigenvalue weighted by molar-refractivity contribution is 0.400. The Morgan fingerprint density at radius 1 is 1.40 bits per heavy atom. The van der Waals surface area contributed by atoms with Crippen LogP contribution >= 0.6 is 0 Å². The average Bonchev–Trinajstić information content (AvgIpc) is 1.99. The van der Waals surface area contributed by atoms with Gasteiger partial charge in [0, 0.05) is 29.9 Å². The maximum atomic E-state index is 5.81. The maximum absolute atomic E-state index is 5.81. The van der Waals surface area contributed by atoms with E-state index in [0.29, 0.717) is 0 Å². The first-order valence-electron chi connectivity index (χ1n) is 5.37. The third-order valence-electron chi connectivity index (χ3n) is 2.25. The predicted octanol–water partition coefficient (Wildman–Crippen LogP) is 2.39. The van der Waals surface area contributed by atoms with Crippen LogP contribution in [0.25, 0.3) is 0 Å². The summed E-state index contributed by atoms with van der Waals surface area (Å²) in [4.78, 5) is 8.84. The highest BCUT2D eigenvalue weighted by molar-refractivity contribution is 5.19. The Morgan fingerprint density at radius 3 is 2.40 bits per heavy atom. The van der Waals surface area contributed by atoms with Crippen molar-refractivity contribution in [1.82, 2.24) is 9.97 Å². The third-order valence-corrected chi connectivity index (χ3v) is 2.25. The quantitative estimate of drug-likeness (QED) is 0.810. The van der Waals surface area contributed by atoms with Crippen LogP contribution in [0.4, 0.5) is 0 Å². The molecule has 15 heavy (non-hydrogen) atoms. The first-order valence-corrected chi connectivity index (χ1v) is 5.37. The molecule has 84 valence electrons. The van der Waals surface area contributed by atoms with Crippen molar-refractivity contribution in [2.24, 2.45) is 11.1 Å². The van der Waals surface area contributed by atoms with Gasteiger partial charge in [0.1, 0.15) is 5.82 Å². The Kier molecular flexibility index (Phi) is 3.45. The minimum Gasteiger partial charge on any atom is -0.324 e. The van der Waals surface area contributed by atoms with Crippen LogP contribution in [0.15, 0.2) is 6.20 Å². The normalized spacial score (nSPS) is 14.0. The molecule has 3 heteroatoms. The number of hydrogen-bond donors (Lipinski definition) is 1. The van der Waals surface area contributed by atoms with E-state index in [0.717, 1.165) is 23.5 Å². The average molecular weight is 207 g/mol. The highest BCUT2D eigenvalue weighted by atomic mass is 14.9. The van der Waals surface area contributed by atoms with Crippen molar-refractivity contribution in [1.29, 1.82) is 0 Å². The molecule has 0 saturated carbocycles. The van der Waals surface area contributed by atoms with Crippen molar-refractivity contribution in [3.05, 3.63) is 23.3 Å². The summed E-state index contributed by atoms with van der Waals surface area (Å²) in [5.41, 5.74) is 8.07. The molecule has 0 aromatic carbocycles. The minimum absolute atomic E-state index is 0.00804. The number of rotatable bonds is 2. The SMILES string of the molecule is Cc1nc(CC(C)(C)C)ncc1[C@H](C)N. The molecule has 3 nitrogen and oxygen atoms in total. The van der Waals surface area contributed by atoms with E-state index < -0.39 is 0 Å². The Labute approximate surface area is 92.1 Å². The molecule has 0 bridgehead atoms. The molecular weight excluding hydrogens is 186 g/mol. The lowest BCUT2D eigenvalue weighted by Crippen LogP contribution is -2.15. The molecule has 1 rings (SSSR count). The number of nitrogens with zero attached hydrogens (tertiary/aromatic N) is 2. The van der Waals surface area contributed by atoms with Gasteiger partial charge in [-0.2, -0.15) is 0 Å². The highest BCUT2D eigenvalue weighted by Crippen LogP contribution is 2.19. The Balaban J connectivity index is 2.92. The molecule has 1 heterocycles. The fourth-order valence-corrected chi connectivity index (χ4v) is 1.53. The molecule has 0 aliphatic heterocycles. The number of aryl methyl sites for hydroxylation is 1. The smallest absolute Gasteiger partial charge is 0.129 e. The summed E-state index contributed by atoms with van der Waals surface area (Å²) < 4.78 is 0. The van der Waals surface area contributed by atoms with Gasteiger partial charge in [-0.25, -0.2) is 9.97 Å². The van der Waals surface area contributed by atoms with Crippen molar-refractivity contribution in [2.75, 3.05) is 0 Å². The van der Waals surface area contributed by atoms with E-state index in [1.807, 2.05) is 20.0 Å². The van der Waals surface area contributed by atoms with E-state index in [1.165, 1.54) is 0 Å². The van der Waals surface area contributed by atoms with Crippen LogP contribution in [-0.2, 0) is 6.42 Å². The molecule has 0 unspecified atom stereocenters. The second kappa shape index (κ2) is 4.27. The van der Waals surface area contributed by atoms with Gasteiger partial charge >= 0.3 is 0 Å². The minimum atomic E-state index is 0.00804. The van der Waals surface area contributed by atoms with Gasteiger partial charge in [-0.1, -0.05) is 20.8 Å². The molecule has 0 radical (unpaired) electrons. The second-order valence-electron chi connectivity index (χ2n) is 5.35. The lowest BCUT2D eigenvalue weighted by Gasteiger charge is -2.17. The largest absolute Gasteiger partial charge is 0.324 e. The molecular formula is C12H21N3. The van der Waals surface area contributed by atoms with Gasteiger partial charge in [0.2, 0.25) is 0 Å². The van der Waals surface area contributed by atoms with Gasteiger partial charge in [0.05, 0.1) is 0 Å². The third kappa shape index (κ3) is 3.59. The van der Waals surface area contributed by atoms with Crippen molar-refractivity contribution >= 4 is 0 Å². The van der Waals surface area contributed by atoms with Gasteiger partial charge in [-0.3, -0.25) is 0 Å². The number of nitrogens with two attached hydrogens (primary N) is 1. The van der Waals surface area contributed by atoms with Crippen molar-refractivity contribution in [3.8, 4) is 0 Å². The molecule has 2 N–H and O–H groups in total. The van der Waals surface area contributed by atoms with Crippen LogP contribution in [0.1, 0.15) is 50.8 Å². The van der Waals surface area contributed by atoms with E-state index in [-0.39, 0.29) is 11.5 Å². The molecule has 0 aliphatic carbocycles. The van der Waals surface area contributed by atoms with Gasteiger partial charge in [0.15, 0.2) is 0 Å². The molecule has 0 aliphatic rings. The fourth-order valence-electron chi connectivity index (χ4n) is 1.53. The van der Waals surface area contributed by atoms with Gasteiger partial charge in [-0.15, -0.1) is 0 Å². The maximum Gasteiger partial charge on any atom is 0.129 e. The van der Waals surface area contributed by atoms with Crippen molar-refractivity contribution < 1.29 is 0 Å². The monoisotopic (exact) mass is 207 g/mol. The molecule has 0 amide bonds. The van der Waals surface area contributed by atoms with Crippen LogP contribution in [-0.4, -0.2) is 9.97 Å². The zero-order chi connectivity index (χ0) is 11.6. The lowest BCUT2D eigenvalue weighted by atomic mass is 9.92. The Hall–Kier alpha value is -0.960. The van der Waals surface area contributed by atoms with Crippen molar-refractivity contribution in [2.45, 2.75) is 47.1 Å². The topological polar surface area (TPSA) is 51.8 Å². The highest BCUT2D eigenvalue weighted by Gasteiger charge is 2.14. The fraction of sp³-hybridized carbons (Fsp3) is 0.667. The summed E-state index contributed by atoms with van der Waals surface area (Å²) in [5.74, 6) is 0.907. The Morgan fingerprint density at radius 2 is 2.00 bits per heavy atom. The van der Waals surface area contributed by atoms with E-state index in [2.05, 4.69) is 30.7 Å². The molecule has 1 aromatic rings. The number of aromatic nitrogens is 2. The van der Waals surface area contributed by atoms with E-state index in [9.17, 15) is 0 Å². The molecule has 0 fully saturated rings. The van der Waals surface area contributed by atoms with E-state index in [1.54, 1.807) is 0 Å². The summed E-state index contributed by atoms with van der Waals surface area (Å²) in [5, 5.41) is 0.